The van der Waals surface area contributed by atoms with E-state index in [4.69, 9.17) is 4.74 Å². The van der Waals surface area contributed by atoms with Crippen LogP contribution in [0.15, 0.2) is 24.5 Å². The minimum atomic E-state index is -1.28. The van der Waals surface area contributed by atoms with E-state index in [-0.39, 0.29) is 6.61 Å². The Labute approximate surface area is 117 Å². The molecule has 0 spiro atoms. The number of pyridine rings is 1. The van der Waals surface area contributed by atoms with Gasteiger partial charge in [-0.05, 0) is 44.2 Å². The Kier molecular flexibility index (Phi) is 3.22. The highest BCUT2D eigenvalue weighted by atomic mass is 16.5. The third kappa shape index (κ3) is 2.29. The van der Waals surface area contributed by atoms with Crippen molar-refractivity contribution >= 4 is 11.6 Å². The van der Waals surface area contributed by atoms with E-state index in [1.807, 2.05) is 35.9 Å². The molecule has 1 aliphatic carbocycles. The Hall–Kier alpha value is -1.88. The fraction of sp³-hybridized carbons (Fsp3) is 0.467. The molecule has 5 nitrogen and oxygen atoms in total. The number of aromatic nitrogens is 2. The number of aryl methyl sites for hydroxylation is 1. The van der Waals surface area contributed by atoms with Gasteiger partial charge in [0.15, 0.2) is 5.60 Å². The first kappa shape index (κ1) is 13.1. The summed E-state index contributed by atoms with van der Waals surface area (Å²) in [5.41, 5.74) is 1.33. The monoisotopic (exact) mass is 274 g/mol. The van der Waals surface area contributed by atoms with Crippen LogP contribution in [0.1, 0.15) is 36.9 Å². The van der Waals surface area contributed by atoms with Gasteiger partial charge in [0.1, 0.15) is 12.3 Å². The Morgan fingerprint density at radius 2 is 2.25 bits per heavy atom. The van der Waals surface area contributed by atoms with Gasteiger partial charge in [0.25, 0.3) is 0 Å². The minimum Gasteiger partial charge on any atom is -0.457 e. The molecule has 0 amide bonds. The number of imidazole rings is 1. The summed E-state index contributed by atoms with van der Waals surface area (Å²) in [6.45, 7) is 2.08. The Balaban J connectivity index is 1.71. The van der Waals surface area contributed by atoms with Crippen LogP contribution in [-0.2, 0) is 16.1 Å². The van der Waals surface area contributed by atoms with E-state index in [2.05, 4.69) is 4.98 Å². The van der Waals surface area contributed by atoms with Crippen molar-refractivity contribution in [3.63, 3.8) is 0 Å². The van der Waals surface area contributed by atoms with Gasteiger partial charge in [-0.15, -0.1) is 0 Å². The lowest BCUT2D eigenvalue weighted by Crippen LogP contribution is -2.36. The van der Waals surface area contributed by atoms with Crippen molar-refractivity contribution in [1.29, 1.82) is 0 Å². The van der Waals surface area contributed by atoms with Crippen LogP contribution in [0.3, 0.4) is 0 Å². The molecule has 0 saturated heterocycles. The largest absolute Gasteiger partial charge is 0.457 e. The molecule has 3 rings (SSSR count). The average molecular weight is 274 g/mol. The molecule has 1 N–H and O–H groups in total. The van der Waals surface area contributed by atoms with Crippen molar-refractivity contribution in [2.75, 3.05) is 0 Å². The van der Waals surface area contributed by atoms with E-state index < -0.39 is 11.6 Å². The van der Waals surface area contributed by atoms with E-state index in [0.29, 0.717) is 18.5 Å². The molecule has 2 aromatic rings. The number of rotatable bonds is 3. The van der Waals surface area contributed by atoms with E-state index in [0.717, 1.165) is 24.1 Å². The van der Waals surface area contributed by atoms with Crippen molar-refractivity contribution < 1.29 is 14.6 Å². The summed E-state index contributed by atoms with van der Waals surface area (Å²) in [4.78, 5) is 16.4. The first-order valence-corrected chi connectivity index (χ1v) is 6.91. The summed E-state index contributed by atoms with van der Waals surface area (Å²) in [5, 5.41) is 10.1. The van der Waals surface area contributed by atoms with Crippen LogP contribution in [0, 0.1) is 6.92 Å². The normalized spacial score (nSPS) is 17.5. The maximum Gasteiger partial charge on any atom is 0.338 e. The summed E-state index contributed by atoms with van der Waals surface area (Å²) in [6.07, 6.45) is 6.49. The van der Waals surface area contributed by atoms with Gasteiger partial charge in [-0.3, -0.25) is 0 Å². The van der Waals surface area contributed by atoms with Crippen molar-refractivity contribution in [2.24, 2.45) is 0 Å². The second-order valence-corrected chi connectivity index (χ2v) is 5.47. The van der Waals surface area contributed by atoms with Gasteiger partial charge >= 0.3 is 5.97 Å². The highest BCUT2D eigenvalue weighted by molar-refractivity contribution is 5.79. The maximum atomic E-state index is 11.9. The molecule has 0 radical (unpaired) electrons. The number of carbonyl (C=O) groups is 1. The van der Waals surface area contributed by atoms with Crippen LogP contribution >= 0.6 is 0 Å². The van der Waals surface area contributed by atoms with Crippen molar-refractivity contribution in [2.45, 2.75) is 44.8 Å². The molecular formula is C15H18N2O3. The Morgan fingerprint density at radius 3 is 2.95 bits per heavy atom. The van der Waals surface area contributed by atoms with Crippen LogP contribution in [-0.4, -0.2) is 26.1 Å². The van der Waals surface area contributed by atoms with Gasteiger partial charge in [-0.25, -0.2) is 9.78 Å². The van der Waals surface area contributed by atoms with Crippen LogP contribution < -0.4 is 0 Å². The lowest BCUT2D eigenvalue weighted by molar-refractivity contribution is -0.166. The number of nitrogens with zero attached hydrogens (tertiary/aromatic N) is 2. The lowest BCUT2D eigenvalue weighted by atomic mass is 10.0. The molecule has 2 heterocycles. The highest BCUT2D eigenvalue weighted by Crippen LogP contribution is 2.30. The number of hydrogen-bond donors (Lipinski definition) is 1. The van der Waals surface area contributed by atoms with Gasteiger partial charge in [0.05, 0.1) is 5.69 Å². The van der Waals surface area contributed by atoms with Crippen LogP contribution in [0.4, 0.5) is 0 Å². The molecule has 2 aromatic heterocycles. The second-order valence-electron chi connectivity index (χ2n) is 5.47. The number of carbonyl (C=O) groups excluding carboxylic acids is 1. The first-order chi connectivity index (χ1) is 9.58. The van der Waals surface area contributed by atoms with Gasteiger partial charge in [-0.2, -0.15) is 0 Å². The lowest BCUT2D eigenvalue weighted by Gasteiger charge is -2.19. The predicted octanol–water partition coefficient (Wildman–Crippen LogP) is 1.99. The molecule has 0 unspecified atom stereocenters. The number of fused-ring (bicyclic) bond motifs is 1. The van der Waals surface area contributed by atoms with Gasteiger partial charge in [0, 0.05) is 12.4 Å². The number of hydrogen-bond acceptors (Lipinski definition) is 4. The van der Waals surface area contributed by atoms with E-state index in [9.17, 15) is 9.90 Å². The molecule has 1 aliphatic rings. The smallest absolute Gasteiger partial charge is 0.338 e. The zero-order chi connectivity index (χ0) is 14.2. The third-order valence-corrected chi connectivity index (χ3v) is 3.89. The van der Waals surface area contributed by atoms with Crippen LogP contribution in [0.25, 0.3) is 5.65 Å². The molecule has 1 fully saturated rings. The third-order valence-electron chi connectivity index (χ3n) is 3.89. The predicted molar refractivity (Wildman–Crippen MR) is 73.1 cm³/mol. The Bertz CT molecular complexity index is 642. The van der Waals surface area contributed by atoms with E-state index >= 15 is 0 Å². The standard InChI is InChI=1S/C15H18N2O3/c1-11-5-4-8-17-9-12(16-13(11)17)10-20-14(18)15(19)6-2-3-7-15/h4-5,8-9,19H,2-3,6-7,10H2,1H3. The SMILES string of the molecule is Cc1cccn2cc(COC(=O)C3(O)CCCC3)nc12. The summed E-state index contributed by atoms with van der Waals surface area (Å²) in [6, 6.07) is 3.93. The molecule has 0 atom stereocenters. The van der Waals surface area contributed by atoms with Crippen molar-refractivity contribution in [3.05, 3.63) is 35.8 Å². The number of ether oxygens (including phenoxy) is 1. The summed E-state index contributed by atoms with van der Waals surface area (Å²) >= 11 is 0. The molecular weight excluding hydrogens is 256 g/mol. The van der Waals surface area contributed by atoms with Crippen LogP contribution in [0.2, 0.25) is 0 Å². The zero-order valence-electron chi connectivity index (χ0n) is 11.5. The summed E-state index contributed by atoms with van der Waals surface area (Å²) in [7, 11) is 0. The molecule has 0 aliphatic heterocycles. The maximum absolute atomic E-state index is 11.9. The molecule has 0 aromatic carbocycles. The number of aliphatic hydroxyl groups is 1. The first-order valence-electron chi connectivity index (χ1n) is 6.91. The number of esters is 1. The Morgan fingerprint density at radius 1 is 1.50 bits per heavy atom. The molecule has 0 bridgehead atoms. The molecule has 1 saturated carbocycles. The zero-order valence-corrected chi connectivity index (χ0v) is 11.5. The second kappa shape index (κ2) is 4.90. The van der Waals surface area contributed by atoms with Gasteiger partial charge in [-0.1, -0.05) is 6.07 Å². The van der Waals surface area contributed by atoms with E-state index in [1.165, 1.54) is 0 Å². The molecule has 5 heteroatoms. The van der Waals surface area contributed by atoms with Crippen molar-refractivity contribution in [1.82, 2.24) is 9.38 Å². The fourth-order valence-corrected chi connectivity index (χ4v) is 2.71. The average Bonchev–Trinajstić information content (AvgIpc) is 3.04. The summed E-state index contributed by atoms with van der Waals surface area (Å²) < 4.78 is 7.13. The van der Waals surface area contributed by atoms with Gasteiger partial charge < -0.3 is 14.2 Å². The van der Waals surface area contributed by atoms with Gasteiger partial charge in [0.2, 0.25) is 0 Å². The topological polar surface area (TPSA) is 63.8 Å². The summed E-state index contributed by atoms with van der Waals surface area (Å²) in [5.74, 6) is -0.524. The fourth-order valence-electron chi connectivity index (χ4n) is 2.71. The quantitative estimate of drug-likeness (QED) is 0.869. The van der Waals surface area contributed by atoms with Crippen molar-refractivity contribution in [3.8, 4) is 0 Å². The highest BCUT2D eigenvalue weighted by Gasteiger charge is 2.40. The minimum absolute atomic E-state index is 0.0995. The molecule has 20 heavy (non-hydrogen) atoms. The van der Waals surface area contributed by atoms with E-state index in [1.54, 1.807) is 0 Å². The van der Waals surface area contributed by atoms with Crippen LogP contribution in [0.5, 0.6) is 0 Å². The molecule has 106 valence electrons.